The quantitative estimate of drug-likeness (QED) is 0.714. The van der Waals surface area contributed by atoms with Crippen molar-refractivity contribution in [3.63, 3.8) is 0 Å². The number of pyridine rings is 1. The third-order valence-corrected chi connectivity index (χ3v) is 2.48. The van der Waals surface area contributed by atoms with Crippen molar-refractivity contribution >= 4 is 22.5 Å². The maximum absolute atomic E-state index is 13.1. The summed E-state index contributed by atoms with van der Waals surface area (Å²) in [5.74, 6) is -0.338. The zero-order valence-corrected chi connectivity index (χ0v) is 8.15. The van der Waals surface area contributed by atoms with E-state index in [0.717, 1.165) is 0 Å². The average molecular weight is 212 g/mol. The summed E-state index contributed by atoms with van der Waals surface area (Å²) in [6.45, 7) is 1.61. The number of aromatic nitrogens is 1. The molecule has 0 saturated carbocycles. The van der Waals surface area contributed by atoms with Crippen molar-refractivity contribution in [3.8, 4) is 0 Å². The molecular formula is C10H7ClFNO. The van der Waals surface area contributed by atoms with Crippen LogP contribution in [-0.4, -0.2) is 4.98 Å². The molecule has 2 nitrogen and oxygen atoms in total. The number of rotatable bonds is 0. The summed E-state index contributed by atoms with van der Waals surface area (Å²) in [7, 11) is 0. The molecule has 1 aromatic carbocycles. The van der Waals surface area contributed by atoms with Gasteiger partial charge < -0.3 is 4.98 Å². The predicted molar refractivity (Wildman–Crippen MR) is 54.3 cm³/mol. The lowest BCUT2D eigenvalue weighted by Gasteiger charge is -2.02. The van der Waals surface area contributed by atoms with Crippen molar-refractivity contribution in [1.29, 1.82) is 0 Å². The summed E-state index contributed by atoms with van der Waals surface area (Å²) in [4.78, 5) is 14.3. The number of hydrogen-bond acceptors (Lipinski definition) is 1. The second-order valence-electron chi connectivity index (χ2n) is 3.06. The van der Waals surface area contributed by atoms with Crippen LogP contribution in [-0.2, 0) is 0 Å². The van der Waals surface area contributed by atoms with Gasteiger partial charge in [-0.25, -0.2) is 4.39 Å². The zero-order chi connectivity index (χ0) is 10.3. The number of halogens is 2. The minimum atomic E-state index is -0.338. The Morgan fingerprint density at radius 1 is 1.43 bits per heavy atom. The second kappa shape index (κ2) is 3.10. The highest BCUT2D eigenvalue weighted by Gasteiger charge is 2.07. The molecule has 2 rings (SSSR count). The van der Waals surface area contributed by atoms with Gasteiger partial charge in [0.2, 0.25) is 5.43 Å². The number of nitrogens with one attached hydrogen (secondary N) is 1. The molecular weight excluding hydrogens is 205 g/mol. The molecule has 0 aliphatic heterocycles. The fourth-order valence-electron chi connectivity index (χ4n) is 1.39. The highest BCUT2D eigenvalue weighted by Crippen LogP contribution is 2.17. The molecule has 0 bridgehead atoms. The molecule has 0 spiro atoms. The first-order valence-electron chi connectivity index (χ1n) is 4.07. The van der Waals surface area contributed by atoms with Crippen LogP contribution in [0.1, 0.15) is 5.56 Å². The van der Waals surface area contributed by atoms with Gasteiger partial charge in [0, 0.05) is 17.1 Å². The maximum Gasteiger partial charge on any atom is 0.207 e. The number of fused-ring (bicyclic) bond motifs is 1. The van der Waals surface area contributed by atoms with Gasteiger partial charge in [0.1, 0.15) is 10.8 Å². The molecule has 72 valence electrons. The molecule has 2 aromatic rings. The molecule has 1 N–H and O–H groups in total. The van der Waals surface area contributed by atoms with Gasteiger partial charge in [0.05, 0.1) is 5.52 Å². The Labute approximate surface area is 84.3 Å². The first kappa shape index (κ1) is 9.21. The van der Waals surface area contributed by atoms with Crippen molar-refractivity contribution in [2.45, 2.75) is 6.92 Å². The first-order chi connectivity index (χ1) is 6.61. The zero-order valence-electron chi connectivity index (χ0n) is 7.40. The van der Waals surface area contributed by atoms with E-state index in [1.54, 1.807) is 6.92 Å². The topological polar surface area (TPSA) is 32.9 Å². The lowest BCUT2D eigenvalue weighted by molar-refractivity contribution is 0.620. The third kappa shape index (κ3) is 1.21. The average Bonchev–Trinajstić information content (AvgIpc) is 2.17. The van der Waals surface area contributed by atoms with E-state index in [9.17, 15) is 9.18 Å². The smallest absolute Gasteiger partial charge is 0.207 e. The monoisotopic (exact) mass is 211 g/mol. The van der Waals surface area contributed by atoms with E-state index in [2.05, 4.69) is 4.98 Å². The lowest BCUT2D eigenvalue weighted by atomic mass is 10.1. The molecule has 0 radical (unpaired) electrons. The van der Waals surface area contributed by atoms with Crippen LogP contribution in [0.2, 0.25) is 5.02 Å². The van der Waals surface area contributed by atoms with Crippen LogP contribution in [0.5, 0.6) is 0 Å². The summed E-state index contributed by atoms with van der Waals surface area (Å²) in [5.41, 5.74) is 0.652. The Balaban J connectivity index is 3.02. The number of aryl methyl sites for hydroxylation is 1. The third-order valence-electron chi connectivity index (χ3n) is 2.20. The normalized spacial score (nSPS) is 10.8. The van der Waals surface area contributed by atoms with E-state index >= 15 is 0 Å². The SMILES string of the molecule is Cc1c(F)ccc2c(=O)c(Cl)c[nH]c12. The number of benzene rings is 1. The molecule has 0 aliphatic carbocycles. The summed E-state index contributed by atoms with van der Waals surface area (Å²) in [6, 6.07) is 2.70. The van der Waals surface area contributed by atoms with Crippen molar-refractivity contribution in [2.24, 2.45) is 0 Å². The van der Waals surface area contributed by atoms with Gasteiger partial charge in [-0.2, -0.15) is 0 Å². The Bertz CT molecular complexity index is 562. The molecule has 0 amide bonds. The fraction of sp³-hybridized carbons (Fsp3) is 0.100. The highest BCUT2D eigenvalue weighted by molar-refractivity contribution is 6.31. The molecule has 14 heavy (non-hydrogen) atoms. The predicted octanol–water partition coefficient (Wildman–Crippen LogP) is 2.63. The second-order valence-corrected chi connectivity index (χ2v) is 3.47. The minimum absolute atomic E-state index is 0.114. The van der Waals surface area contributed by atoms with Gasteiger partial charge in [0.15, 0.2) is 0 Å². The summed E-state index contributed by atoms with van der Waals surface area (Å²) in [5, 5.41) is 0.528. The van der Waals surface area contributed by atoms with Crippen molar-refractivity contribution in [3.05, 3.63) is 45.0 Å². The van der Waals surface area contributed by atoms with Crippen molar-refractivity contribution < 1.29 is 4.39 Å². The van der Waals surface area contributed by atoms with E-state index in [0.29, 0.717) is 16.5 Å². The van der Waals surface area contributed by atoms with E-state index < -0.39 is 0 Å². The van der Waals surface area contributed by atoms with Crippen LogP contribution in [0, 0.1) is 12.7 Å². The van der Waals surface area contributed by atoms with Crippen molar-refractivity contribution in [1.82, 2.24) is 4.98 Å². The summed E-state index contributed by atoms with van der Waals surface area (Å²) in [6.07, 6.45) is 1.37. The van der Waals surface area contributed by atoms with Crippen LogP contribution in [0.15, 0.2) is 23.1 Å². The molecule has 0 fully saturated rings. The van der Waals surface area contributed by atoms with E-state index in [1.165, 1.54) is 18.3 Å². The standard InChI is InChI=1S/C10H7ClFNO/c1-5-8(12)3-2-6-9(5)13-4-7(11)10(6)14/h2-4H,1H3,(H,13,14). The van der Waals surface area contributed by atoms with Gasteiger partial charge >= 0.3 is 0 Å². The molecule has 1 aromatic heterocycles. The maximum atomic E-state index is 13.1. The highest BCUT2D eigenvalue weighted by atomic mass is 35.5. The van der Waals surface area contributed by atoms with Crippen LogP contribution < -0.4 is 5.43 Å². The molecule has 0 atom stereocenters. The summed E-state index contributed by atoms with van der Waals surface area (Å²) < 4.78 is 13.1. The summed E-state index contributed by atoms with van der Waals surface area (Å²) >= 11 is 5.64. The molecule has 4 heteroatoms. The van der Waals surface area contributed by atoms with Gasteiger partial charge in [-0.1, -0.05) is 11.6 Å². The van der Waals surface area contributed by atoms with Gasteiger partial charge in [-0.15, -0.1) is 0 Å². The van der Waals surface area contributed by atoms with Crippen LogP contribution in [0.25, 0.3) is 10.9 Å². The van der Waals surface area contributed by atoms with Crippen molar-refractivity contribution in [2.75, 3.05) is 0 Å². The van der Waals surface area contributed by atoms with Gasteiger partial charge in [0.25, 0.3) is 0 Å². The van der Waals surface area contributed by atoms with E-state index in [-0.39, 0.29) is 16.3 Å². The van der Waals surface area contributed by atoms with Gasteiger partial charge in [-0.05, 0) is 19.1 Å². The Morgan fingerprint density at radius 3 is 2.86 bits per heavy atom. The number of aromatic amines is 1. The number of hydrogen-bond donors (Lipinski definition) is 1. The first-order valence-corrected chi connectivity index (χ1v) is 4.45. The van der Waals surface area contributed by atoms with Gasteiger partial charge in [-0.3, -0.25) is 4.79 Å². The Kier molecular flexibility index (Phi) is 2.04. The Morgan fingerprint density at radius 2 is 2.14 bits per heavy atom. The Hall–Kier alpha value is -1.35. The largest absolute Gasteiger partial charge is 0.359 e. The van der Waals surface area contributed by atoms with E-state index in [4.69, 9.17) is 11.6 Å². The molecule has 0 unspecified atom stereocenters. The lowest BCUT2D eigenvalue weighted by Crippen LogP contribution is -2.04. The van der Waals surface area contributed by atoms with Crippen LogP contribution in [0.4, 0.5) is 4.39 Å². The van der Waals surface area contributed by atoms with Crippen LogP contribution in [0.3, 0.4) is 0 Å². The molecule has 0 saturated heterocycles. The molecule has 0 aliphatic rings. The van der Waals surface area contributed by atoms with E-state index in [1.807, 2.05) is 0 Å². The number of H-pyrrole nitrogens is 1. The van der Waals surface area contributed by atoms with Crippen LogP contribution >= 0.6 is 11.6 Å². The molecule has 1 heterocycles. The fourth-order valence-corrected chi connectivity index (χ4v) is 1.55. The minimum Gasteiger partial charge on any atom is -0.359 e.